The van der Waals surface area contributed by atoms with Gasteiger partial charge in [0.1, 0.15) is 0 Å². The fourth-order valence-corrected chi connectivity index (χ4v) is 15.1. The zero-order valence-electron chi connectivity index (χ0n) is 12.5. The highest BCUT2D eigenvalue weighted by Gasteiger charge is 2.51. The van der Waals surface area contributed by atoms with Gasteiger partial charge in [0.2, 0.25) is 0 Å². The van der Waals surface area contributed by atoms with Crippen LogP contribution in [-0.4, -0.2) is 9.94 Å². The number of rotatable bonds is 6. The van der Waals surface area contributed by atoms with Crippen LogP contribution < -0.4 is 0 Å². The van der Waals surface area contributed by atoms with Crippen molar-refractivity contribution in [1.29, 1.82) is 0 Å². The fourth-order valence-electron chi connectivity index (χ4n) is 2.18. The van der Waals surface area contributed by atoms with Gasteiger partial charge in [-0.15, -0.1) is 0 Å². The normalized spacial score (nSPS) is 13.0. The maximum absolute atomic E-state index is 13.4. The van der Waals surface area contributed by atoms with Crippen LogP contribution in [0.15, 0.2) is 48.5 Å². The Hall–Kier alpha value is 1.89. The zero-order valence-corrected chi connectivity index (χ0v) is 23.5. The van der Waals surface area contributed by atoms with E-state index in [1.807, 2.05) is 127 Å². The second-order valence-electron chi connectivity index (χ2n) is 5.39. The maximum Gasteiger partial charge on any atom is 0.199 e. The predicted molar refractivity (Wildman–Crippen MR) is 141 cm³/mol. The lowest BCUT2D eigenvalue weighted by Gasteiger charge is -2.30. The van der Waals surface area contributed by atoms with E-state index in [1.165, 1.54) is 0 Å². The van der Waals surface area contributed by atoms with E-state index in [1.54, 1.807) is 12.1 Å². The summed E-state index contributed by atoms with van der Waals surface area (Å²) in [6.45, 7) is 0. The second-order valence-corrected chi connectivity index (χ2v) is 23.1. The van der Waals surface area contributed by atoms with Crippen molar-refractivity contribution in [2.24, 2.45) is 0 Å². The van der Waals surface area contributed by atoms with Gasteiger partial charge in [0.15, 0.2) is 11.4 Å². The summed E-state index contributed by atoms with van der Waals surface area (Å²) in [6.07, 6.45) is 0.751. The summed E-state index contributed by atoms with van der Waals surface area (Å²) < 4.78 is 24.7. The molecule has 0 aliphatic carbocycles. The minimum atomic E-state index is -3.50. The molecule has 9 heteroatoms. The van der Waals surface area contributed by atoms with E-state index >= 15 is 0 Å². The molecular weight excluding hydrogens is 835 g/mol. The molecule has 0 unspecified atom stereocenters. The monoisotopic (exact) mass is 846 g/mol. The van der Waals surface area contributed by atoms with Crippen molar-refractivity contribution in [2.75, 3.05) is 0 Å². The van der Waals surface area contributed by atoms with Gasteiger partial charge in [-0.1, -0.05) is 47.5 Å². The molecule has 0 saturated carbocycles. The lowest BCUT2D eigenvalue weighted by atomic mass is 10.2. The Bertz CT molecular complexity index is 804. The highest BCUT2D eigenvalue weighted by molar-refractivity contribution is 14.2. The van der Waals surface area contributed by atoms with E-state index < -0.39 is 11.4 Å². The van der Waals surface area contributed by atoms with Crippen molar-refractivity contribution in [3.63, 3.8) is 0 Å². The van der Waals surface area contributed by atoms with Crippen LogP contribution >= 0.6 is 114 Å². The molecule has 0 N–H and O–H groups in total. The topological polar surface area (TPSA) is 34.1 Å². The summed E-state index contributed by atoms with van der Waals surface area (Å²) in [5.41, 5.74) is 1.79. The number of halogens is 6. The first-order valence-corrected chi connectivity index (χ1v) is 13.5. The highest BCUT2D eigenvalue weighted by atomic mass is 127. The molecule has 0 aromatic heterocycles. The third kappa shape index (κ3) is 5.94. The van der Waals surface area contributed by atoms with Crippen molar-refractivity contribution in [3.05, 3.63) is 69.7 Å². The lowest BCUT2D eigenvalue weighted by Crippen LogP contribution is -2.40. The van der Waals surface area contributed by atoms with Gasteiger partial charge in [-0.3, -0.25) is 0 Å². The first kappa shape index (κ1) is 23.2. The average molecular weight is 847 g/mol. The average Bonchev–Trinajstić information content (AvgIpc) is 2.45. The van der Waals surface area contributed by atoms with E-state index in [-0.39, 0.29) is 0 Å². The van der Waals surface area contributed by atoms with Crippen LogP contribution in [0.2, 0.25) is 10.0 Å². The Morgan fingerprint density at radius 1 is 0.760 bits per heavy atom. The first-order valence-electron chi connectivity index (χ1n) is 6.93. The van der Waals surface area contributed by atoms with Gasteiger partial charge < -0.3 is 0 Å². The summed E-state index contributed by atoms with van der Waals surface area (Å²) in [7, 11) is -3.50. The van der Waals surface area contributed by atoms with Gasteiger partial charge in [0.05, 0.1) is 0 Å². The van der Waals surface area contributed by atoms with Crippen LogP contribution in [0.3, 0.4) is 0 Å². The Labute approximate surface area is 212 Å². The van der Waals surface area contributed by atoms with Crippen LogP contribution in [0.5, 0.6) is 0 Å². The Morgan fingerprint density at radius 2 is 1.12 bits per heavy atom. The standard InChI is InChI=1S/C16H12Cl2I4O2S/c17-13-5-1-3-11(7-13)9-15(19,20)25(23,24)16(21,22)10-12-4-2-6-14(18)8-12/h1-8H,9-10H2. The second kappa shape index (κ2) is 9.14. The minimum absolute atomic E-state index is 0.375. The molecule has 2 nitrogen and oxygen atoms in total. The number of hydrogen-bond acceptors (Lipinski definition) is 2. The van der Waals surface area contributed by atoms with E-state index in [9.17, 15) is 8.42 Å². The van der Waals surface area contributed by atoms with E-state index in [4.69, 9.17) is 23.2 Å². The molecule has 25 heavy (non-hydrogen) atoms. The van der Waals surface area contributed by atoms with Crippen molar-refractivity contribution < 1.29 is 8.42 Å². The molecule has 2 rings (SSSR count). The fraction of sp³-hybridized carbons (Fsp3) is 0.250. The Morgan fingerprint density at radius 3 is 1.44 bits per heavy atom. The molecule has 0 amide bonds. The summed E-state index contributed by atoms with van der Waals surface area (Å²) in [4.78, 5) is 0. The molecule has 2 aromatic rings. The number of sulfone groups is 1. The summed E-state index contributed by atoms with van der Waals surface area (Å²) in [5, 5.41) is 1.21. The molecule has 136 valence electrons. The first-order chi connectivity index (χ1) is 11.4. The molecule has 0 heterocycles. The quantitative estimate of drug-likeness (QED) is 0.227. The Kier molecular flexibility index (Phi) is 8.47. The molecule has 0 saturated heterocycles. The molecule has 0 aliphatic rings. The third-order valence-corrected chi connectivity index (χ3v) is 14.2. The van der Waals surface area contributed by atoms with Gasteiger partial charge in [-0.2, -0.15) is 0 Å². The van der Waals surface area contributed by atoms with Crippen molar-refractivity contribution >= 4 is 123 Å². The van der Waals surface area contributed by atoms with Gasteiger partial charge in [-0.25, -0.2) is 8.42 Å². The van der Waals surface area contributed by atoms with E-state index in [0.717, 1.165) is 11.1 Å². The Balaban J connectivity index is 2.30. The molecule has 2 aromatic carbocycles. The smallest absolute Gasteiger partial charge is 0.199 e. The highest BCUT2D eigenvalue weighted by Crippen LogP contribution is 2.50. The number of hydrogen-bond donors (Lipinski definition) is 0. The van der Waals surface area contributed by atoms with Gasteiger partial charge >= 0.3 is 0 Å². The lowest BCUT2D eigenvalue weighted by molar-refractivity contribution is 0.589. The molecule has 0 radical (unpaired) electrons. The van der Waals surface area contributed by atoms with E-state index in [2.05, 4.69) is 0 Å². The predicted octanol–water partition coefficient (Wildman–Crippen LogP) is 7.24. The van der Waals surface area contributed by atoms with Crippen LogP contribution in [0.25, 0.3) is 0 Å². The van der Waals surface area contributed by atoms with Crippen molar-refractivity contribution in [3.8, 4) is 0 Å². The molecule has 0 fully saturated rings. The molecular formula is C16H12Cl2I4O2S. The molecule has 0 bridgehead atoms. The number of alkyl halides is 4. The maximum atomic E-state index is 13.4. The number of benzene rings is 2. The molecule has 0 spiro atoms. The van der Waals surface area contributed by atoms with Gasteiger partial charge in [0.25, 0.3) is 0 Å². The van der Waals surface area contributed by atoms with Crippen LogP contribution in [-0.2, 0) is 22.7 Å². The minimum Gasteiger partial charge on any atom is -0.224 e. The van der Waals surface area contributed by atoms with Crippen molar-refractivity contribution in [2.45, 2.75) is 14.4 Å². The van der Waals surface area contributed by atoms with E-state index in [0.29, 0.717) is 22.9 Å². The third-order valence-electron chi connectivity index (χ3n) is 3.38. The van der Waals surface area contributed by atoms with Crippen LogP contribution in [0, 0.1) is 0 Å². The van der Waals surface area contributed by atoms with Gasteiger partial charge in [0, 0.05) is 22.9 Å². The molecule has 0 atom stereocenters. The molecule has 0 aliphatic heterocycles. The van der Waals surface area contributed by atoms with Crippen molar-refractivity contribution in [1.82, 2.24) is 0 Å². The van der Waals surface area contributed by atoms with Crippen LogP contribution in [0.1, 0.15) is 11.1 Å². The zero-order chi connectivity index (χ0) is 18.9. The summed E-state index contributed by atoms with van der Waals surface area (Å²) >= 11 is 20.2. The van der Waals surface area contributed by atoms with Gasteiger partial charge in [-0.05, 0) is 126 Å². The van der Waals surface area contributed by atoms with Crippen LogP contribution in [0.4, 0.5) is 0 Å². The summed E-state index contributed by atoms with van der Waals surface area (Å²) in [5.74, 6) is 0. The largest absolute Gasteiger partial charge is 0.224 e. The SMILES string of the molecule is O=S(=O)(C(I)(I)Cc1cccc(Cl)c1)C(I)(I)Cc1cccc(Cl)c1. The summed E-state index contributed by atoms with van der Waals surface area (Å²) in [6, 6.07) is 14.6.